The summed E-state index contributed by atoms with van der Waals surface area (Å²) in [4.78, 5) is 0. The van der Waals surface area contributed by atoms with Gasteiger partial charge < -0.3 is 0 Å². The van der Waals surface area contributed by atoms with Crippen LogP contribution >= 0.6 is 0 Å². The summed E-state index contributed by atoms with van der Waals surface area (Å²) in [5.41, 5.74) is 0. The monoisotopic (exact) mass is 298 g/mol. The second-order valence-corrected chi connectivity index (χ2v) is 7.23. The van der Waals surface area contributed by atoms with E-state index in [4.69, 9.17) is 0 Å². The Labute approximate surface area is 109 Å². The van der Waals surface area contributed by atoms with Crippen LogP contribution in [0.3, 0.4) is 0 Å². The molecule has 0 aliphatic rings. The van der Waals surface area contributed by atoms with Gasteiger partial charge in [-0.3, -0.25) is 8.37 Å². The molecule has 0 saturated heterocycles. The van der Waals surface area contributed by atoms with Crippen molar-refractivity contribution >= 4 is 20.2 Å². The molecule has 0 aromatic carbocycles. The molecule has 0 fully saturated rings. The molecule has 2 unspecified atom stereocenters. The largest absolute Gasteiger partial charge is 0.268 e. The zero-order valence-corrected chi connectivity index (χ0v) is 12.5. The van der Waals surface area contributed by atoms with Crippen molar-refractivity contribution in [2.24, 2.45) is 0 Å². The predicted octanol–water partition coefficient (Wildman–Crippen LogP) is 0.499. The van der Waals surface area contributed by atoms with Gasteiger partial charge in [-0.05, 0) is 27.7 Å². The Hall–Kier alpha value is -0.620. The van der Waals surface area contributed by atoms with Gasteiger partial charge in [0.05, 0.1) is 11.5 Å². The van der Waals surface area contributed by atoms with E-state index in [0.29, 0.717) is 0 Å². The van der Waals surface area contributed by atoms with Crippen LogP contribution in [0.2, 0.25) is 0 Å². The van der Waals surface area contributed by atoms with E-state index in [1.54, 1.807) is 0 Å². The van der Waals surface area contributed by atoms with E-state index in [-0.39, 0.29) is 11.5 Å². The van der Waals surface area contributed by atoms with E-state index in [1.165, 1.54) is 27.7 Å². The second kappa shape index (κ2) is 7.09. The van der Waals surface area contributed by atoms with Crippen LogP contribution in [-0.2, 0) is 28.6 Å². The molecular formula is C10H18O6S2. The van der Waals surface area contributed by atoms with Gasteiger partial charge in [0.1, 0.15) is 12.2 Å². The second-order valence-electron chi connectivity index (χ2n) is 3.46. The highest BCUT2D eigenvalue weighted by Crippen LogP contribution is 2.01. The van der Waals surface area contributed by atoms with Crippen molar-refractivity contribution in [1.82, 2.24) is 0 Å². The minimum atomic E-state index is -3.57. The summed E-state index contributed by atoms with van der Waals surface area (Å²) < 4.78 is 53.8. The molecular weight excluding hydrogens is 280 g/mol. The van der Waals surface area contributed by atoms with E-state index >= 15 is 0 Å². The average molecular weight is 298 g/mol. The van der Waals surface area contributed by atoms with Crippen LogP contribution in [-0.4, -0.2) is 40.5 Å². The maximum Gasteiger partial charge on any atom is 0.268 e. The van der Waals surface area contributed by atoms with Gasteiger partial charge in [-0.1, -0.05) is 11.8 Å². The minimum Gasteiger partial charge on any atom is -0.254 e. The quantitative estimate of drug-likeness (QED) is 0.524. The highest BCUT2D eigenvalue weighted by molar-refractivity contribution is 7.86. The van der Waals surface area contributed by atoms with Gasteiger partial charge >= 0.3 is 0 Å². The molecule has 6 nitrogen and oxygen atoms in total. The van der Waals surface area contributed by atoms with Gasteiger partial charge in [0.2, 0.25) is 0 Å². The number of hydrogen-bond donors (Lipinski definition) is 0. The Bertz CT molecular complexity index is 462. The summed E-state index contributed by atoms with van der Waals surface area (Å²) in [5, 5.41) is 0. The van der Waals surface area contributed by atoms with Crippen LogP contribution in [0.15, 0.2) is 0 Å². The normalized spacial score (nSPS) is 15.6. The molecule has 0 heterocycles. The Morgan fingerprint density at radius 3 is 1.33 bits per heavy atom. The minimum absolute atomic E-state index is 0.144. The van der Waals surface area contributed by atoms with Crippen LogP contribution in [0.4, 0.5) is 0 Å². The molecule has 2 atom stereocenters. The summed E-state index contributed by atoms with van der Waals surface area (Å²) in [6.45, 7) is 5.83. The highest BCUT2D eigenvalue weighted by Gasteiger charge is 2.13. The SMILES string of the molecule is CCS(=O)(=O)OC(C)C#CC(C)OS(=O)(=O)CC. The van der Waals surface area contributed by atoms with Gasteiger partial charge in [0.15, 0.2) is 0 Å². The first kappa shape index (κ1) is 17.4. The lowest BCUT2D eigenvalue weighted by Gasteiger charge is -2.07. The molecule has 0 amide bonds. The van der Waals surface area contributed by atoms with Crippen molar-refractivity contribution < 1.29 is 25.2 Å². The molecule has 0 saturated carbocycles. The molecule has 0 bridgehead atoms. The Balaban J connectivity index is 4.50. The Morgan fingerprint density at radius 2 is 1.11 bits per heavy atom. The third kappa shape index (κ3) is 7.66. The molecule has 0 aliphatic carbocycles. The first-order valence-corrected chi connectivity index (χ1v) is 8.60. The fourth-order valence-electron chi connectivity index (χ4n) is 0.859. The first-order valence-electron chi connectivity index (χ1n) is 5.45. The van der Waals surface area contributed by atoms with Crippen molar-refractivity contribution in [3.8, 4) is 11.8 Å². The molecule has 0 aliphatic heterocycles. The van der Waals surface area contributed by atoms with Crippen LogP contribution < -0.4 is 0 Å². The molecule has 0 aromatic heterocycles. The van der Waals surface area contributed by atoms with Crippen molar-refractivity contribution in [3.63, 3.8) is 0 Å². The van der Waals surface area contributed by atoms with Gasteiger partial charge in [-0.25, -0.2) is 0 Å². The van der Waals surface area contributed by atoms with Crippen LogP contribution in [0.25, 0.3) is 0 Å². The third-order valence-electron chi connectivity index (χ3n) is 1.78. The van der Waals surface area contributed by atoms with Gasteiger partial charge in [0.25, 0.3) is 20.2 Å². The summed E-state index contributed by atoms with van der Waals surface area (Å²) in [5.74, 6) is 4.67. The zero-order valence-electron chi connectivity index (χ0n) is 10.8. The van der Waals surface area contributed by atoms with Crippen LogP contribution in [0.5, 0.6) is 0 Å². The van der Waals surface area contributed by atoms with E-state index in [9.17, 15) is 16.8 Å². The molecule has 0 rings (SSSR count). The van der Waals surface area contributed by atoms with Gasteiger partial charge in [-0.15, -0.1) is 0 Å². The average Bonchev–Trinajstić information content (AvgIpc) is 2.25. The Morgan fingerprint density at radius 1 is 0.833 bits per heavy atom. The summed E-state index contributed by atoms with van der Waals surface area (Å²) in [6.07, 6.45) is -1.68. The fourth-order valence-corrected chi connectivity index (χ4v) is 2.11. The highest BCUT2D eigenvalue weighted by atomic mass is 32.2. The molecule has 0 N–H and O–H groups in total. The molecule has 0 spiro atoms. The molecule has 0 radical (unpaired) electrons. The van der Waals surface area contributed by atoms with Crippen LogP contribution in [0, 0.1) is 11.8 Å². The topological polar surface area (TPSA) is 86.7 Å². The van der Waals surface area contributed by atoms with Gasteiger partial charge in [0, 0.05) is 0 Å². The van der Waals surface area contributed by atoms with Crippen LogP contribution in [0.1, 0.15) is 27.7 Å². The number of rotatable bonds is 6. The summed E-state index contributed by atoms with van der Waals surface area (Å²) >= 11 is 0. The summed E-state index contributed by atoms with van der Waals surface area (Å²) in [6, 6.07) is 0. The lowest BCUT2D eigenvalue weighted by Crippen LogP contribution is -2.18. The smallest absolute Gasteiger partial charge is 0.254 e. The van der Waals surface area contributed by atoms with Crippen molar-refractivity contribution in [3.05, 3.63) is 0 Å². The van der Waals surface area contributed by atoms with E-state index in [1.807, 2.05) is 0 Å². The summed E-state index contributed by atoms with van der Waals surface area (Å²) in [7, 11) is -7.14. The Kier molecular flexibility index (Phi) is 6.84. The van der Waals surface area contributed by atoms with Crippen molar-refractivity contribution in [1.29, 1.82) is 0 Å². The molecule has 8 heteroatoms. The fraction of sp³-hybridized carbons (Fsp3) is 0.800. The van der Waals surface area contributed by atoms with Gasteiger partial charge in [-0.2, -0.15) is 16.8 Å². The maximum atomic E-state index is 11.1. The third-order valence-corrected chi connectivity index (χ3v) is 4.36. The van der Waals surface area contributed by atoms with E-state index in [2.05, 4.69) is 20.2 Å². The standard InChI is InChI=1S/C10H18O6S2/c1-5-17(11,12)15-9(3)7-8-10(4)16-18(13,14)6-2/h9-10H,5-6H2,1-4H3. The molecule has 106 valence electrons. The molecule has 0 aromatic rings. The lowest BCUT2D eigenvalue weighted by atomic mass is 10.3. The predicted molar refractivity (Wildman–Crippen MR) is 67.8 cm³/mol. The van der Waals surface area contributed by atoms with E-state index in [0.717, 1.165) is 0 Å². The van der Waals surface area contributed by atoms with Crippen molar-refractivity contribution in [2.75, 3.05) is 11.5 Å². The number of hydrogen-bond acceptors (Lipinski definition) is 6. The van der Waals surface area contributed by atoms with E-state index < -0.39 is 32.4 Å². The first-order chi connectivity index (χ1) is 8.12. The zero-order chi connectivity index (χ0) is 14.4. The maximum absolute atomic E-state index is 11.1. The van der Waals surface area contributed by atoms with Crippen molar-refractivity contribution in [2.45, 2.75) is 39.9 Å². The lowest BCUT2D eigenvalue weighted by molar-refractivity contribution is 0.274. The molecule has 18 heavy (non-hydrogen) atoms.